The van der Waals surface area contributed by atoms with E-state index in [-0.39, 0.29) is 12.5 Å². The fourth-order valence-electron chi connectivity index (χ4n) is 6.32. The Balaban J connectivity index is 4.19. The average molecular weight is 897 g/mol. The van der Waals surface area contributed by atoms with Gasteiger partial charge in [0, 0.05) is 6.42 Å². The molecule has 0 aliphatic rings. The van der Waals surface area contributed by atoms with Crippen LogP contribution in [0.1, 0.15) is 174 Å². The number of nitrogens with zero attached hydrogens (tertiary/aromatic N) is 1. The van der Waals surface area contributed by atoms with Crippen LogP contribution < -0.4 is 10.2 Å². The number of hydrogen-bond acceptors (Lipinski definition) is 6. The minimum atomic E-state index is -4.60. The monoisotopic (exact) mass is 897 g/mol. The summed E-state index contributed by atoms with van der Waals surface area (Å²) in [5.74, 6) is -0.222. The molecule has 3 atom stereocenters. The van der Waals surface area contributed by atoms with Gasteiger partial charge in [-0.25, -0.2) is 0 Å². The van der Waals surface area contributed by atoms with Crippen LogP contribution >= 0.6 is 7.82 Å². The van der Waals surface area contributed by atoms with Gasteiger partial charge in [0.1, 0.15) is 13.2 Å². The molecule has 0 heterocycles. The predicted octanol–water partition coefficient (Wildman–Crippen LogP) is 13.8. The van der Waals surface area contributed by atoms with E-state index in [9.17, 15) is 19.4 Å². The summed E-state index contributed by atoms with van der Waals surface area (Å²) >= 11 is 0. The Morgan fingerprint density at radius 3 is 1.48 bits per heavy atom. The summed E-state index contributed by atoms with van der Waals surface area (Å²) in [4.78, 5) is 25.3. The quantitative estimate of drug-likeness (QED) is 0.0273. The lowest BCUT2D eigenvalue weighted by Crippen LogP contribution is -2.45. The van der Waals surface area contributed by atoms with Crippen molar-refractivity contribution in [2.45, 2.75) is 187 Å². The highest BCUT2D eigenvalue weighted by molar-refractivity contribution is 7.45. The number of quaternary nitrogens is 1. The van der Waals surface area contributed by atoms with E-state index in [4.69, 9.17) is 9.05 Å². The van der Waals surface area contributed by atoms with Gasteiger partial charge in [-0.15, -0.1) is 0 Å². The zero-order valence-electron chi connectivity index (χ0n) is 40.7. The zero-order valence-corrected chi connectivity index (χ0v) is 41.6. The predicted molar refractivity (Wildman–Crippen MR) is 269 cm³/mol. The first-order valence-corrected chi connectivity index (χ1v) is 26.2. The lowest BCUT2D eigenvalue weighted by Gasteiger charge is -2.29. The van der Waals surface area contributed by atoms with Crippen LogP contribution in [-0.2, 0) is 18.4 Å². The van der Waals surface area contributed by atoms with Crippen molar-refractivity contribution in [2.75, 3.05) is 40.9 Å². The van der Waals surface area contributed by atoms with Gasteiger partial charge in [0.25, 0.3) is 7.82 Å². The van der Waals surface area contributed by atoms with Crippen LogP contribution in [0.25, 0.3) is 0 Å². The first-order chi connectivity index (χ1) is 30.5. The molecule has 0 aromatic carbocycles. The molecule has 63 heavy (non-hydrogen) atoms. The maximum absolute atomic E-state index is 12.9. The second-order valence-electron chi connectivity index (χ2n) is 17.4. The topological polar surface area (TPSA) is 108 Å². The summed E-state index contributed by atoms with van der Waals surface area (Å²) in [5, 5.41) is 13.7. The highest BCUT2D eigenvalue weighted by Crippen LogP contribution is 2.38. The van der Waals surface area contributed by atoms with Crippen molar-refractivity contribution < 1.29 is 32.9 Å². The van der Waals surface area contributed by atoms with Gasteiger partial charge in [-0.3, -0.25) is 9.36 Å². The van der Waals surface area contributed by atoms with Crippen LogP contribution in [0.5, 0.6) is 0 Å². The fourth-order valence-corrected chi connectivity index (χ4v) is 7.05. The van der Waals surface area contributed by atoms with Gasteiger partial charge in [-0.2, -0.15) is 0 Å². The van der Waals surface area contributed by atoms with Gasteiger partial charge in [0.15, 0.2) is 0 Å². The van der Waals surface area contributed by atoms with Crippen LogP contribution in [-0.4, -0.2) is 68.5 Å². The van der Waals surface area contributed by atoms with E-state index < -0.39 is 26.6 Å². The largest absolute Gasteiger partial charge is 0.756 e. The summed E-state index contributed by atoms with van der Waals surface area (Å²) in [6, 6.07) is -0.912. The van der Waals surface area contributed by atoms with Gasteiger partial charge in [-0.1, -0.05) is 187 Å². The summed E-state index contributed by atoms with van der Waals surface area (Å²) in [7, 11) is 1.22. The van der Waals surface area contributed by atoms with Crippen LogP contribution in [0.2, 0.25) is 0 Å². The molecule has 0 fully saturated rings. The van der Waals surface area contributed by atoms with Crippen LogP contribution in [0.4, 0.5) is 0 Å². The zero-order chi connectivity index (χ0) is 46.4. The number of phosphoric acid groups is 1. The van der Waals surface area contributed by atoms with E-state index in [0.29, 0.717) is 17.4 Å². The van der Waals surface area contributed by atoms with Crippen LogP contribution in [0.3, 0.4) is 0 Å². The third-order valence-corrected chi connectivity index (χ3v) is 11.2. The van der Waals surface area contributed by atoms with Gasteiger partial charge in [0.05, 0.1) is 39.9 Å². The van der Waals surface area contributed by atoms with E-state index in [1.165, 1.54) is 57.8 Å². The molecule has 0 saturated heterocycles. The molecule has 1 amide bonds. The number of aliphatic hydroxyl groups excluding tert-OH is 1. The van der Waals surface area contributed by atoms with Gasteiger partial charge < -0.3 is 28.8 Å². The van der Waals surface area contributed by atoms with E-state index in [1.807, 2.05) is 27.2 Å². The van der Waals surface area contributed by atoms with Crippen LogP contribution in [0, 0.1) is 0 Å². The van der Waals surface area contributed by atoms with Crippen molar-refractivity contribution in [1.29, 1.82) is 0 Å². The van der Waals surface area contributed by atoms with Gasteiger partial charge >= 0.3 is 0 Å². The summed E-state index contributed by atoms with van der Waals surface area (Å²) in [5.41, 5.74) is 0. The van der Waals surface area contributed by atoms with Crippen molar-refractivity contribution in [1.82, 2.24) is 5.32 Å². The second kappa shape index (κ2) is 44.4. The molecule has 0 aromatic heterocycles. The lowest BCUT2D eigenvalue weighted by atomic mass is 10.1. The number of allylic oxidation sites excluding steroid dienone is 17. The molecule has 3 unspecified atom stereocenters. The van der Waals surface area contributed by atoms with Crippen molar-refractivity contribution in [2.24, 2.45) is 0 Å². The van der Waals surface area contributed by atoms with Crippen molar-refractivity contribution in [3.8, 4) is 0 Å². The van der Waals surface area contributed by atoms with E-state index >= 15 is 0 Å². The van der Waals surface area contributed by atoms with E-state index in [2.05, 4.69) is 116 Å². The Morgan fingerprint density at radius 1 is 0.571 bits per heavy atom. The Bertz CT molecular complexity index is 1390. The summed E-state index contributed by atoms with van der Waals surface area (Å²) < 4.78 is 23.1. The molecule has 2 N–H and O–H groups in total. The highest BCUT2D eigenvalue weighted by Gasteiger charge is 2.23. The molecule has 0 rings (SSSR count). The number of carbonyl (C=O) groups excluding carboxylic acids is 1. The fraction of sp³-hybridized carbons (Fsp3) is 0.648. The Labute approximate surface area is 387 Å². The maximum Gasteiger partial charge on any atom is 0.268 e. The molecule has 360 valence electrons. The Hall–Kier alpha value is -2.84. The number of carbonyl (C=O) groups is 1. The first kappa shape index (κ1) is 60.2. The number of likely N-dealkylation sites (N-methyl/N-ethyl adjacent to an activating group) is 1. The van der Waals surface area contributed by atoms with Gasteiger partial charge in [-0.05, 0) is 89.9 Å². The smallest absolute Gasteiger partial charge is 0.268 e. The summed E-state index contributed by atoms with van der Waals surface area (Å²) in [6.45, 7) is 4.44. The highest BCUT2D eigenvalue weighted by atomic mass is 31.2. The number of unbranched alkanes of at least 4 members (excludes halogenated alkanes) is 14. The molecule has 0 saturated carbocycles. The minimum Gasteiger partial charge on any atom is -0.756 e. The number of hydrogen-bond donors (Lipinski definition) is 2. The normalized spacial score (nSPS) is 15.1. The Morgan fingerprint density at radius 2 is 0.984 bits per heavy atom. The van der Waals surface area contributed by atoms with Crippen LogP contribution in [0.15, 0.2) is 109 Å². The average Bonchev–Trinajstić information content (AvgIpc) is 3.24. The van der Waals surface area contributed by atoms with Crippen molar-refractivity contribution in [3.63, 3.8) is 0 Å². The van der Waals surface area contributed by atoms with Gasteiger partial charge in [0.2, 0.25) is 5.91 Å². The molecular formula is C54H93N2O6P. The third kappa shape index (κ3) is 47.0. The molecular weight excluding hydrogens is 804 g/mol. The van der Waals surface area contributed by atoms with E-state index in [0.717, 1.165) is 96.3 Å². The first-order valence-electron chi connectivity index (χ1n) is 24.7. The molecule has 0 bridgehead atoms. The molecule has 9 heteroatoms. The standard InChI is InChI=1S/C54H93N2O6P/c1-6-8-10-12-14-16-18-19-20-21-22-23-24-25-26-27-28-29-30-31-32-33-34-35-36-37-38-40-42-44-46-48-54(58)55-52(51-62-63(59,60)61-50-49-56(3,4)5)53(57)47-45-43-41-39-17-15-13-11-9-7-2/h8,10,14,16-17,19-20,22-23,25-26,28-29,31-32,39,45,47,52-53,57H,6-7,9,11-13,15,18,21,24,27,30,33-38,40-44,46,48-51H2,1-5H3,(H-,55,58,59,60)/b10-8-,16-14-,20-19-,23-22-,26-25-,29-28-,32-31-,39-17+,47-45+. The molecule has 0 aliphatic heterocycles. The van der Waals surface area contributed by atoms with E-state index in [1.54, 1.807) is 6.08 Å². The van der Waals surface area contributed by atoms with Crippen molar-refractivity contribution in [3.05, 3.63) is 109 Å². The molecule has 0 spiro atoms. The number of amides is 1. The number of nitrogens with one attached hydrogen (secondary N) is 1. The molecule has 0 aromatic rings. The third-order valence-electron chi connectivity index (χ3n) is 10.2. The summed E-state index contributed by atoms with van der Waals surface area (Å²) in [6.07, 6.45) is 64.4. The number of rotatable bonds is 43. The van der Waals surface area contributed by atoms with Crippen molar-refractivity contribution >= 4 is 13.7 Å². The molecule has 8 nitrogen and oxygen atoms in total. The SMILES string of the molecule is CC/C=C\C/C=C\C/C=C\C/C=C\C/C=C\C/C=C\C/C=C\CCCCCCCCCCCC(=O)NC(COP(=O)([O-])OCC[N+](C)(C)C)C(O)/C=C/CC/C=C/CCCCCC. The number of aliphatic hydroxyl groups is 1. The minimum absolute atomic E-state index is 0.0136. The molecule has 0 aliphatic carbocycles. The Kier molecular flexibility index (Phi) is 42.4. The maximum atomic E-state index is 12.9. The number of phosphoric ester groups is 1. The second-order valence-corrected chi connectivity index (χ2v) is 18.8. The lowest BCUT2D eigenvalue weighted by molar-refractivity contribution is -0.870. The molecule has 0 radical (unpaired) electrons.